The van der Waals surface area contributed by atoms with E-state index in [0.717, 1.165) is 17.9 Å². The lowest BCUT2D eigenvalue weighted by molar-refractivity contribution is 1.30. The van der Waals surface area contributed by atoms with Gasteiger partial charge in [-0.15, -0.1) is 0 Å². The molecule has 0 amide bonds. The maximum atomic E-state index is 5.64. The highest BCUT2D eigenvalue weighted by Gasteiger charge is 1.95. The summed E-state index contributed by atoms with van der Waals surface area (Å²) in [4.78, 5) is 0. The van der Waals surface area contributed by atoms with Gasteiger partial charge in [-0.05, 0) is 37.6 Å². The molecule has 0 saturated carbocycles. The van der Waals surface area contributed by atoms with Crippen LogP contribution in [0.1, 0.15) is 12.5 Å². The first-order valence-corrected chi connectivity index (χ1v) is 4.45. The molecule has 2 heteroatoms. The van der Waals surface area contributed by atoms with Crippen molar-refractivity contribution >= 4 is 11.4 Å². The molecule has 0 radical (unpaired) electrons. The van der Waals surface area contributed by atoms with Crippen molar-refractivity contribution in [1.82, 2.24) is 0 Å². The molecule has 0 aliphatic carbocycles. The molecule has 70 valence electrons. The monoisotopic (exact) mass is 176 g/mol. The van der Waals surface area contributed by atoms with Gasteiger partial charge in [0.05, 0.1) is 0 Å². The van der Waals surface area contributed by atoms with E-state index >= 15 is 0 Å². The molecule has 0 atom stereocenters. The fraction of sp³-hybridized carbons (Fsp3) is 0.273. The second kappa shape index (κ2) is 4.55. The molecule has 1 aromatic carbocycles. The number of rotatable bonds is 3. The van der Waals surface area contributed by atoms with Gasteiger partial charge < -0.3 is 11.1 Å². The van der Waals surface area contributed by atoms with Crippen molar-refractivity contribution < 1.29 is 0 Å². The lowest BCUT2D eigenvalue weighted by Gasteiger charge is -2.07. The Hall–Kier alpha value is -1.44. The Kier molecular flexibility index (Phi) is 3.38. The second-order valence-corrected chi connectivity index (χ2v) is 3.02. The fourth-order valence-corrected chi connectivity index (χ4v) is 1.17. The highest BCUT2D eigenvalue weighted by Crippen LogP contribution is 2.16. The molecule has 1 rings (SSSR count). The van der Waals surface area contributed by atoms with E-state index in [2.05, 4.69) is 11.4 Å². The zero-order valence-corrected chi connectivity index (χ0v) is 8.17. The molecule has 0 saturated heterocycles. The van der Waals surface area contributed by atoms with E-state index in [1.54, 1.807) is 0 Å². The van der Waals surface area contributed by atoms with Gasteiger partial charge in [0, 0.05) is 17.9 Å². The second-order valence-electron chi connectivity index (χ2n) is 3.02. The van der Waals surface area contributed by atoms with E-state index in [-0.39, 0.29) is 0 Å². The number of benzene rings is 1. The maximum Gasteiger partial charge on any atom is 0.0373 e. The maximum absolute atomic E-state index is 5.64. The summed E-state index contributed by atoms with van der Waals surface area (Å²) in [5.41, 5.74) is 8.78. The van der Waals surface area contributed by atoms with Crippen molar-refractivity contribution in [3.8, 4) is 0 Å². The number of hydrogen-bond acceptors (Lipinski definition) is 2. The molecule has 3 N–H and O–H groups in total. The quantitative estimate of drug-likeness (QED) is 0.548. The van der Waals surface area contributed by atoms with Crippen LogP contribution in [0.25, 0.3) is 0 Å². The van der Waals surface area contributed by atoms with Crippen molar-refractivity contribution in [1.29, 1.82) is 0 Å². The third-order valence-electron chi connectivity index (χ3n) is 1.90. The first kappa shape index (κ1) is 9.65. The highest BCUT2D eigenvalue weighted by molar-refractivity contribution is 5.57. The standard InChI is InChI=1S/C11H16N2/c1-3-4-7-13-11-6-5-10(12)8-9(11)2/h3-6,8,13H,7,12H2,1-2H3/b4-3+. The van der Waals surface area contributed by atoms with Gasteiger partial charge in [-0.3, -0.25) is 0 Å². The number of nitrogens with one attached hydrogen (secondary N) is 1. The first-order valence-electron chi connectivity index (χ1n) is 4.45. The summed E-state index contributed by atoms with van der Waals surface area (Å²) in [6, 6.07) is 5.89. The average molecular weight is 176 g/mol. The van der Waals surface area contributed by atoms with E-state index < -0.39 is 0 Å². The average Bonchev–Trinajstić information content (AvgIpc) is 2.09. The minimum atomic E-state index is 0.814. The number of aryl methyl sites for hydroxylation is 1. The van der Waals surface area contributed by atoms with Crippen molar-refractivity contribution in [2.45, 2.75) is 13.8 Å². The van der Waals surface area contributed by atoms with Gasteiger partial charge in [-0.1, -0.05) is 12.2 Å². The molecule has 0 fully saturated rings. The van der Waals surface area contributed by atoms with Crippen LogP contribution in [0, 0.1) is 6.92 Å². The molecular formula is C11H16N2. The van der Waals surface area contributed by atoms with Gasteiger partial charge in [-0.2, -0.15) is 0 Å². The van der Waals surface area contributed by atoms with Crippen LogP contribution in [0.3, 0.4) is 0 Å². The predicted octanol–water partition coefficient (Wildman–Crippen LogP) is 2.57. The summed E-state index contributed by atoms with van der Waals surface area (Å²) >= 11 is 0. The molecule has 1 aromatic rings. The molecule has 0 unspecified atom stereocenters. The number of nitrogen functional groups attached to an aromatic ring is 1. The summed E-state index contributed by atoms with van der Waals surface area (Å²) in [7, 11) is 0. The molecule has 2 nitrogen and oxygen atoms in total. The topological polar surface area (TPSA) is 38.0 Å². The van der Waals surface area contributed by atoms with Crippen molar-refractivity contribution in [2.24, 2.45) is 0 Å². The van der Waals surface area contributed by atoms with Crippen LogP contribution in [0.4, 0.5) is 11.4 Å². The zero-order valence-electron chi connectivity index (χ0n) is 8.17. The van der Waals surface area contributed by atoms with Crippen LogP contribution in [0.15, 0.2) is 30.4 Å². The van der Waals surface area contributed by atoms with Crippen LogP contribution in [-0.2, 0) is 0 Å². The Labute approximate surface area is 79.5 Å². The number of nitrogens with two attached hydrogens (primary N) is 1. The molecule has 0 aliphatic heterocycles. The largest absolute Gasteiger partial charge is 0.399 e. The smallest absolute Gasteiger partial charge is 0.0373 e. The summed E-state index contributed by atoms with van der Waals surface area (Å²) in [5, 5.41) is 3.30. The summed E-state index contributed by atoms with van der Waals surface area (Å²) in [6.07, 6.45) is 4.11. The Bertz CT molecular complexity index is 303. The fourth-order valence-electron chi connectivity index (χ4n) is 1.17. The summed E-state index contributed by atoms with van der Waals surface area (Å²) in [5.74, 6) is 0. The first-order chi connectivity index (χ1) is 6.24. The third-order valence-corrected chi connectivity index (χ3v) is 1.90. The van der Waals surface area contributed by atoms with E-state index in [0.29, 0.717) is 0 Å². The summed E-state index contributed by atoms with van der Waals surface area (Å²) in [6.45, 7) is 4.92. The van der Waals surface area contributed by atoms with Crippen LogP contribution in [-0.4, -0.2) is 6.54 Å². The Morgan fingerprint density at radius 2 is 2.23 bits per heavy atom. The summed E-state index contributed by atoms with van der Waals surface area (Å²) < 4.78 is 0. The lowest BCUT2D eigenvalue weighted by atomic mass is 10.2. The Morgan fingerprint density at radius 3 is 2.85 bits per heavy atom. The molecule has 0 aromatic heterocycles. The van der Waals surface area contributed by atoms with Gasteiger partial charge in [0.15, 0.2) is 0 Å². The minimum Gasteiger partial charge on any atom is -0.399 e. The van der Waals surface area contributed by atoms with Crippen LogP contribution in [0.5, 0.6) is 0 Å². The lowest BCUT2D eigenvalue weighted by Crippen LogP contribution is -2.00. The zero-order chi connectivity index (χ0) is 9.68. The molecule has 0 heterocycles. The predicted molar refractivity (Wildman–Crippen MR) is 58.9 cm³/mol. The van der Waals surface area contributed by atoms with Crippen molar-refractivity contribution in [3.63, 3.8) is 0 Å². The number of hydrogen-bond donors (Lipinski definition) is 2. The van der Waals surface area contributed by atoms with Gasteiger partial charge in [-0.25, -0.2) is 0 Å². The normalized spacial score (nSPS) is 10.6. The van der Waals surface area contributed by atoms with E-state index in [1.165, 1.54) is 5.56 Å². The Balaban J connectivity index is 2.66. The van der Waals surface area contributed by atoms with Crippen LogP contribution >= 0.6 is 0 Å². The molecular weight excluding hydrogens is 160 g/mol. The van der Waals surface area contributed by atoms with Crippen molar-refractivity contribution in [3.05, 3.63) is 35.9 Å². The van der Waals surface area contributed by atoms with Crippen LogP contribution < -0.4 is 11.1 Å². The Morgan fingerprint density at radius 1 is 1.46 bits per heavy atom. The molecule has 13 heavy (non-hydrogen) atoms. The molecule has 0 aliphatic rings. The van der Waals surface area contributed by atoms with E-state index in [9.17, 15) is 0 Å². The molecule has 0 spiro atoms. The van der Waals surface area contributed by atoms with Gasteiger partial charge in [0.1, 0.15) is 0 Å². The number of allylic oxidation sites excluding steroid dienone is 1. The van der Waals surface area contributed by atoms with Crippen molar-refractivity contribution in [2.75, 3.05) is 17.6 Å². The van der Waals surface area contributed by atoms with E-state index in [1.807, 2.05) is 38.1 Å². The van der Waals surface area contributed by atoms with Gasteiger partial charge in [0.25, 0.3) is 0 Å². The molecule has 0 bridgehead atoms. The van der Waals surface area contributed by atoms with Gasteiger partial charge in [0.2, 0.25) is 0 Å². The third kappa shape index (κ3) is 2.82. The highest BCUT2D eigenvalue weighted by atomic mass is 14.9. The van der Waals surface area contributed by atoms with Crippen LogP contribution in [0.2, 0.25) is 0 Å². The van der Waals surface area contributed by atoms with Gasteiger partial charge >= 0.3 is 0 Å². The number of anilines is 2. The SMILES string of the molecule is C/C=C/CNc1ccc(N)cc1C. The minimum absolute atomic E-state index is 0.814. The van der Waals surface area contributed by atoms with E-state index in [4.69, 9.17) is 5.73 Å².